The minimum Gasteiger partial charge on any atom is -0.462 e. The van der Waals surface area contributed by atoms with E-state index in [1.807, 2.05) is 12.1 Å². The first-order valence-electron chi connectivity index (χ1n) is 8.92. The highest BCUT2D eigenvalue weighted by atomic mass is 35.5. The summed E-state index contributed by atoms with van der Waals surface area (Å²) in [5.41, 5.74) is 1.81. The lowest BCUT2D eigenvalue weighted by atomic mass is 9.84. The third-order valence-electron chi connectivity index (χ3n) is 4.63. The lowest BCUT2D eigenvalue weighted by Crippen LogP contribution is -2.04. The zero-order valence-corrected chi connectivity index (χ0v) is 15.2. The lowest BCUT2D eigenvalue weighted by Gasteiger charge is -2.22. The molecule has 3 nitrogen and oxygen atoms in total. The van der Waals surface area contributed by atoms with Crippen molar-refractivity contribution in [2.75, 3.05) is 6.61 Å². The zero-order chi connectivity index (χ0) is 17.6. The predicted molar refractivity (Wildman–Crippen MR) is 99.8 cm³/mol. The molecule has 0 atom stereocenters. The summed E-state index contributed by atoms with van der Waals surface area (Å²) in [5.74, 6) is 1.55. The van der Waals surface area contributed by atoms with Crippen molar-refractivity contribution >= 4 is 17.6 Å². The minimum absolute atomic E-state index is 0.330. The molecule has 132 valence electrons. The van der Waals surface area contributed by atoms with E-state index in [4.69, 9.17) is 21.1 Å². The van der Waals surface area contributed by atoms with Crippen LogP contribution in [0.3, 0.4) is 0 Å². The van der Waals surface area contributed by atoms with Gasteiger partial charge in [0.25, 0.3) is 0 Å². The van der Waals surface area contributed by atoms with E-state index in [1.165, 1.54) is 37.7 Å². The summed E-state index contributed by atoms with van der Waals surface area (Å²) in [6.07, 6.45) is 6.42. The van der Waals surface area contributed by atoms with Crippen molar-refractivity contribution in [2.24, 2.45) is 0 Å². The van der Waals surface area contributed by atoms with Crippen LogP contribution < -0.4 is 4.74 Å². The van der Waals surface area contributed by atoms with Gasteiger partial charge in [-0.1, -0.05) is 36.9 Å². The predicted octanol–water partition coefficient (Wildman–Crippen LogP) is 6.36. The first-order chi connectivity index (χ1) is 12.2. The molecule has 0 bridgehead atoms. The number of rotatable bonds is 5. The fourth-order valence-electron chi connectivity index (χ4n) is 3.29. The average molecular weight is 359 g/mol. The van der Waals surface area contributed by atoms with E-state index in [2.05, 4.69) is 6.07 Å². The van der Waals surface area contributed by atoms with Gasteiger partial charge in [-0.05, 0) is 67.6 Å². The molecule has 0 aliphatic heterocycles. The molecule has 1 aliphatic rings. The third-order valence-corrected chi connectivity index (χ3v) is 4.92. The summed E-state index contributed by atoms with van der Waals surface area (Å²) in [6.45, 7) is 2.15. The molecule has 0 radical (unpaired) electrons. The molecule has 0 unspecified atom stereocenters. The van der Waals surface area contributed by atoms with Crippen molar-refractivity contribution in [3.8, 4) is 11.5 Å². The molecule has 0 amide bonds. The first-order valence-corrected chi connectivity index (χ1v) is 9.29. The monoisotopic (exact) mass is 358 g/mol. The lowest BCUT2D eigenvalue weighted by molar-refractivity contribution is 0.0526. The number of carbonyl (C=O) groups excluding carboxylic acids is 1. The molecular formula is C21H23ClO3. The van der Waals surface area contributed by atoms with Gasteiger partial charge in [-0.2, -0.15) is 0 Å². The first kappa shape index (κ1) is 17.8. The van der Waals surface area contributed by atoms with Crippen LogP contribution in [0.15, 0.2) is 42.5 Å². The Bertz CT molecular complexity index is 718. The topological polar surface area (TPSA) is 35.5 Å². The normalized spacial score (nSPS) is 15.0. The van der Waals surface area contributed by atoms with Crippen LogP contribution in [0.25, 0.3) is 0 Å². The summed E-state index contributed by atoms with van der Waals surface area (Å²) in [6, 6.07) is 13.0. The van der Waals surface area contributed by atoms with Gasteiger partial charge in [-0.15, -0.1) is 0 Å². The van der Waals surface area contributed by atoms with Crippen molar-refractivity contribution in [1.29, 1.82) is 0 Å². The van der Waals surface area contributed by atoms with Crippen LogP contribution in [0.2, 0.25) is 5.02 Å². The second kappa shape index (κ2) is 8.39. The molecule has 2 aromatic rings. The quantitative estimate of drug-likeness (QED) is 0.583. The Hall–Kier alpha value is -2.00. The van der Waals surface area contributed by atoms with Gasteiger partial charge >= 0.3 is 5.97 Å². The molecule has 1 aliphatic carbocycles. The highest BCUT2D eigenvalue weighted by Gasteiger charge is 2.17. The summed E-state index contributed by atoms with van der Waals surface area (Å²) in [4.78, 5) is 11.7. The van der Waals surface area contributed by atoms with E-state index >= 15 is 0 Å². The van der Waals surface area contributed by atoms with Crippen molar-refractivity contribution in [2.45, 2.75) is 44.9 Å². The number of hydrogen-bond acceptors (Lipinski definition) is 3. The smallest absolute Gasteiger partial charge is 0.338 e. The average Bonchev–Trinajstić information content (AvgIpc) is 2.65. The van der Waals surface area contributed by atoms with Crippen LogP contribution in [0.5, 0.6) is 11.5 Å². The maximum absolute atomic E-state index is 11.7. The fourth-order valence-corrected chi connectivity index (χ4v) is 3.52. The Kier molecular flexibility index (Phi) is 5.98. The Morgan fingerprint density at radius 1 is 1.08 bits per heavy atom. The van der Waals surface area contributed by atoms with E-state index in [0.29, 0.717) is 34.6 Å². The number of carbonyl (C=O) groups is 1. The van der Waals surface area contributed by atoms with E-state index < -0.39 is 0 Å². The molecule has 0 spiro atoms. The zero-order valence-electron chi connectivity index (χ0n) is 14.5. The van der Waals surface area contributed by atoms with E-state index in [9.17, 15) is 4.79 Å². The molecule has 25 heavy (non-hydrogen) atoms. The largest absolute Gasteiger partial charge is 0.462 e. The fraction of sp³-hybridized carbons (Fsp3) is 0.381. The number of hydrogen-bond donors (Lipinski definition) is 0. The van der Waals surface area contributed by atoms with Gasteiger partial charge in [0, 0.05) is 0 Å². The summed E-state index contributed by atoms with van der Waals surface area (Å²) in [7, 11) is 0. The van der Waals surface area contributed by atoms with Crippen LogP contribution in [0.1, 0.15) is 60.9 Å². The SMILES string of the molecule is CCOC(=O)c1ccc(Oc2ccc(C3CCCCC3)cc2Cl)cc1. The van der Waals surface area contributed by atoms with Crippen LogP contribution >= 0.6 is 11.6 Å². The van der Waals surface area contributed by atoms with Gasteiger partial charge in [-0.3, -0.25) is 0 Å². The second-order valence-corrected chi connectivity index (χ2v) is 6.78. The van der Waals surface area contributed by atoms with Gasteiger partial charge in [0.2, 0.25) is 0 Å². The van der Waals surface area contributed by atoms with Crippen molar-refractivity contribution in [3.63, 3.8) is 0 Å². The Morgan fingerprint density at radius 3 is 2.44 bits per heavy atom. The van der Waals surface area contributed by atoms with Crippen LogP contribution in [-0.2, 0) is 4.74 Å². The molecule has 4 heteroatoms. The van der Waals surface area contributed by atoms with Gasteiger partial charge < -0.3 is 9.47 Å². The van der Waals surface area contributed by atoms with E-state index in [1.54, 1.807) is 31.2 Å². The summed E-state index contributed by atoms with van der Waals surface area (Å²) < 4.78 is 10.8. The molecule has 3 rings (SSSR count). The number of ether oxygens (including phenoxy) is 2. The van der Waals surface area contributed by atoms with E-state index in [-0.39, 0.29) is 5.97 Å². The standard InChI is InChI=1S/C21H23ClO3/c1-2-24-21(23)16-8-11-18(12-9-16)25-20-13-10-17(14-19(20)22)15-6-4-3-5-7-15/h8-15H,2-7H2,1H3. The highest BCUT2D eigenvalue weighted by Crippen LogP contribution is 2.37. The molecule has 0 saturated heterocycles. The number of esters is 1. The molecule has 1 fully saturated rings. The Balaban J connectivity index is 1.69. The van der Waals surface area contributed by atoms with Crippen molar-refractivity contribution in [1.82, 2.24) is 0 Å². The molecule has 0 aromatic heterocycles. The molecule has 0 heterocycles. The molecule has 0 N–H and O–H groups in total. The second-order valence-electron chi connectivity index (χ2n) is 6.37. The van der Waals surface area contributed by atoms with Crippen LogP contribution in [0, 0.1) is 0 Å². The van der Waals surface area contributed by atoms with E-state index in [0.717, 1.165) is 0 Å². The highest BCUT2D eigenvalue weighted by molar-refractivity contribution is 6.32. The van der Waals surface area contributed by atoms with Gasteiger partial charge in [-0.25, -0.2) is 4.79 Å². The third kappa shape index (κ3) is 4.55. The molecule has 1 saturated carbocycles. The van der Waals surface area contributed by atoms with Crippen LogP contribution in [0.4, 0.5) is 0 Å². The van der Waals surface area contributed by atoms with Crippen LogP contribution in [-0.4, -0.2) is 12.6 Å². The summed E-state index contributed by atoms with van der Waals surface area (Å²) in [5, 5.41) is 0.623. The summed E-state index contributed by atoms with van der Waals surface area (Å²) >= 11 is 6.42. The minimum atomic E-state index is -0.330. The van der Waals surface area contributed by atoms with Gasteiger partial charge in [0.1, 0.15) is 11.5 Å². The molecular weight excluding hydrogens is 336 g/mol. The molecule has 2 aromatic carbocycles. The number of benzene rings is 2. The maximum atomic E-state index is 11.7. The Morgan fingerprint density at radius 2 is 1.80 bits per heavy atom. The van der Waals surface area contributed by atoms with Crippen molar-refractivity contribution in [3.05, 3.63) is 58.6 Å². The number of halogens is 1. The van der Waals surface area contributed by atoms with Gasteiger partial charge in [0.05, 0.1) is 17.2 Å². The maximum Gasteiger partial charge on any atom is 0.338 e. The van der Waals surface area contributed by atoms with Crippen molar-refractivity contribution < 1.29 is 14.3 Å². The van der Waals surface area contributed by atoms with Gasteiger partial charge in [0.15, 0.2) is 0 Å². The Labute approximate surface area is 153 Å².